The van der Waals surface area contributed by atoms with E-state index in [-0.39, 0.29) is 16.2 Å². The summed E-state index contributed by atoms with van der Waals surface area (Å²) >= 11 is 1.92. The number of benzene rings is 8. The maximum atomic E-state index is 6.57. The van der Waals surface area contributed by atoms with Gasteiger partial charge in [0.1, 0.15) is 16.7 Å². The van der Waals surface area contributed by atoms with Crippen LogP contribution in [0.1, 0.15) is 78.0 Å². The van der Waals surface area contributed by atoms with Crippen molar-refractivity contribution in [3.05, 3.63) is 156 Å². The summed E-state index contributed by atoms with van der Waals surface area (Å²) in [5.41, 5.74) is 18.9. The second-order valence-corrected chi connectivity index (χ2v) is 22.8. The van der Waals surface area contributed by atoms with Crippen molar-refractivity contribution in [2.24, 2.45) is 0 Å². The van der Waals surface area contributed by atoms with E-state index in [1.165, 1.54) is 71.5 Å². The Morgan fingerprint density at radius 2 is 1.35 bits per heavy atom. The molecule has 1 aliphatic heterocycles. The van der Waals surface area contributed by atoms with Gasteiger partial charge < -0.3 is 18.7 Å². The van der Waals surface area contributed by atoms with Gasteiger partial charge in [-0.25, -0.2) is 4.98 Å². The molecule has 8 aromatic carbocycles. The van der Waals surface area contributed by atoms with Crippen LogP contribution in [0, 0.1) is 0 Å². The second kappa shape index (κ2) is 13.8. The number of para-hydroxylation sites is 1. The molecule has 1 N–H and O–H groups in total. The molecule has 5 heterocycles. The topological polar surface area (TPSA) is 56.1 Å². The molecule has 0 saturated carbocycles. The van der Waals surface area contributed by atoms with E-state index in [1.54, 1.807) is 0 Å². The summed E-state index contributed by atoms with van der Waals surface area (Å²) in [6.07, 6.45) is 2.37. The maximum absolute atomic E-state index is 6.57. The van der Waals surface area contributed by atoms with Gasteiger partial charge in [-0.15, -0.1) is 11.3 Å². The number of hydrogen-bond acceptors (Lipinski definition) is 5. The number of thiophene rings is 1. The number of hydrogen-bond donors (Lipinski definition) is 1. The molecule has 2 aliphatic rings. The highest BCUT2D eigenvalue weighted by Gasteiger charge is 2.38. The van der Waals surface area contributed by atoms with E-state index in [0.717, 1.165) is 77.7 Å². The lowest BCUT2D eigenvalue weighted by Gasteiger charge is -2.41. The average Bonchev–Trinajstić information content (AvgIpc) is 4.09. The van der Waals surface area contributed by atoms with Crippen LogP contribution in [0.5, 0.6) is 0 Å². The van der Waals surface area contributed by atoms with Gasteiger partial charge in [-0.2, -0.15) is 0 Å². The molecule has 68 heavy (non-hydrogen) atoms. The molecule has 0 saturated heterocycles. The van der Waals surface area contributed by atoms with Gasteiger partial charge in [-0.3, -0.25) is 0 Å². The Morgan fingerprint density at radius 1 is 0.618 bits per heavy atom. The van der Waals surface area contributed by atoms with Crippen molar-refractivity contribution < 1.29 is 8.83 Å². The molecule has 14 rings (SSSR count). The zero-order chi connectivity index (χ0) is 46.0. The Labute approximate surface area is 399 Å². The van der Waals surface area contributed by atoms with Gasteiger partial charge in [0.25, 0.3) is 0 Å². The minimum atomic E-state index is 0.0542. The lowest BCUT2D eigenvalue weighted by atomic mass is 9.59. The van der Waals surface area contributed by atoms with Crippen LogP contribution in [0.2, 0.25) is 0 Å². The zero-order valence-electron chi connectivity index (χ0n) is 39.4. The van der Waals surface area contributed by atoms with E-state index in [1.807, 2.05) is 47.7 Å². The number of oxazole rings is 1. The maximum Gasteiger partial charge on any atom is 0.227 e. The van der Waals surface area contributed by atoms with Crippen LogP contribution in [-0.4, -0.2) is 16.8 Å². The minimum Gasteiger partial charge on any atom is -0.456 e. The minimum absolute atomic E-state index is 0.0542. The molecule has 1 aliphatic carbocycles. The Morgan fingerprint density at radius 3 is 2.15 bits per heavy atom. The van der Waals surface area contributed by atoms with Crippen LogP contribution < -0.4 is 16.2 Å². The summed E-state index contributed by atoms with van der Waals surface area (Å²) < 4.78 is 18.2. The Balaban J connectivity index is 1.04. The van der Waals surface area contributed by atoms with Gasteiger partial charge in [-0.1, -0.05) is 115 Å². The summed E-state index contributed by atoms with van der Waals surface area (Å²) in [5, 5.41) is 11.2. The Kier molecular flexibility index (Phi) is 8.10. The van der Waals surface area contributed by atoms with Crippen molar-refractivity contribution in [3.8, 4) is 28.3 Å². The van der Waals surface area contributed by atoms with Gasteiger partial charge in [0.15, 0.2) is 12.9 Å². The summed E-state index contributed by atoms with van der Waals surface area (Å²) in [4.78, 5) is 5.06. The fraction of sp³-hybridized carbons (Fsp3) is 0.197. The van der Waals surface area contributed by atoms with Crippen molar-refractivity contribution in [1.29, 1.82) is 0 Å². The number of nitrogens with zero attached hydrogens (tertiary/aromatic N) is 2. The van der Waals surface area contributed by atoms with Crippen molar-refractivity contribution in [2.45, 2.75) is 77.6 Å². The molecule has 329 valence electrons. The van der Waals surface area contributed by atoms with E-state index in [4.69, 9.17) is 13.8 Å². The van der Waals surface area contributed by atoms with Crippen molar-refractivity contribution in [1.82, 2.24) is 9.55 Å². The van der Waals surface area contributed by atoms with E-state index >= 15 is 0 Å². The Hall–Kier alpha value is -7.09. The number of nitrogens with one attached hydrogen (secondary N) is 1. The molecule has 1 radical (unpaired) electrons. The smallest absolute Gasteiger partial charge is 0.227 e. The molecular weight excluding hydrogens is 850 g/mol. The predicted octanol–water partition coefficient (Wildman–Crippen LogP) is 15.9. The molecule has 0 amide bonds. The van der Waals surface area contributed by atoms with Gasteiger partial charge >= 0.3 is 0 Å². The third-order valence-electron chi connectivity index (χ3n) is 15.5. The fourth-order valence-corrected chi connectivity index (χ4v) is 12.7. The number of fused-ring (bicyclic) bond motifs is 13. The highest BCUT2D eigenvalue weighted by atomic mass is 32.1. The van der Waals surface area contributed by atoms with Crippen LogP contribution in [0.15, 0.2) is 148 Å². The summed E-state index contributed by atoms with van der Waals surface area (Å²) in [6.45, 7) is 16.5. The highest BCUT2D eigenvalue weighted by molar-refractivity contribution is 7.25. The molecule has 0 fully saturated rings. The van der Waals surface area contributed by atoms with Gasteiger partial charge in [0.2, 0.25) is 5.89 Å². The summed E-state index contributed by atoms with van der Waals surface area (Å²) in [5.74, 6) is 0.614. The average molecular weight is 899 g/mol. The zero-order valence-corrected chi connectivity index (χ0v) is 40.2. The van der Waals surface area contributed by atoms with E-state index < -0.39 is 0 Å². The third-order valence-corrected chi connectivity index (χ3v) is 16.6. The van der Waals surface area contributed by atoms with E-state index in [2.05, 4.69) is 169 Å². The molecule has 7 heteroatoms. The molecule has 5 nitrogen and oxygen atoms in total. The molecular formula is C61H49BN3O2S. The molecule has 0 spiro atoms. The quantitative estimate of drug-likeness (QED) is 0.179. The largest absolute Gasteiger partial charge is 0.456 e. The molecule has 0 atom stereocenters. The van der Waals surface area contributed by atoms with Crippen LogP contribution in [-0.2, 0) is 16.2 Å². The van der Waals surface area contributed by atoms with Crippen molar-refractivity contribution in [3.63, 3.8) is 0 Å². The third kappa shape index (κ3) is 5.84. The lowest BCUT2D eigenvalue weighted by Crippen LogP contribution is -2.37. The summed E-state index contributed by atoms with van der Waals surface area (Å²) in [7, 11) is 2.39. The van der Waals surface area contributed by atoms with Crippen LogP contribution in [0.25, 0.3) is 103 Å². The van der Waals surface area contributed by atoms with Crippen LogP contribution >= 0.6 is 11.3 Å². The molecule has 4 aromatic heterocycles. The Bertz CT molecular complexity index is 4120. The summed E-state index contributed by atoms with van der Waals surface area (Å²) in [6, 6.07) is 51.1. The SMILES string of the molecule is CC(C)(C)c1ccc(Nc2cc3c(cc2-c2ccc4c5cc6c(cc5n5c4c2[B]c2cc4nc(-c7ccccc7)oc4cc2-5)oc2ccccc26)sc2cc4c(cc23)C(C)(C)CCC4(C)C)cc1. The van der Waals surface area contributed by atoms with Gasteiger partial charge in [0.05, 0.1) is 5.52 Å². The fourth-order valence-electron chi connectivity index (χ4n) is 11.5. The van der Waals surface area contributed by atoms with Crippen molar-refractivity contribution >= 4 is 116 Å². The second-order valence-electron chi connectivity index (χ2n) is 21.7. The number of anilines is 2. The molecule has 0 bridgehead atoms. The van der Waals surface area contributed by atoms with E-state index in [9.17, 15) is 0 Å². The van der Waals surface area contributed by atoms with Crippen LogP contribution in [0.3, 0.4) is 0 Å². The lowest BCUT2D eigenvalue weighted by molar-refractivity contribution is 0.332. The first-order valence-corrected chi connectivity index (χ1v) is 24.8. The number of rotatable bonds is 4. The van der Waals surface area contributed by atoms with E-state index in [0.29, 0.717) is 5.89 Å². The molecule has 12 aromatic rings. The van der Waals surface area contributed by atoms with Crippen LogP contribution in [0.4, 0.5) is 11.4 Å². The highest BCUT2D eigenvalue weighted by Crippen LogP contribution is 2.51. The number of furan rings is 1. The predicted molar refractivity (Wildman–Crippen MR) is 288 cm³/mol. The van der Waals surface area contributed by atoms with Gasteiger partial charge in [-0.05, 0) is 124 Å². The standard InChI is InChI=1S/C61H49BN3O2S/c1-59(2,3)34-17-19-35(20-18-34)63-47-27-43-42-26-44-45(61(6,7)24-23-60(44,4)5)29-55(42)68-54(43)28-39(47)37-21-22-38-40-25-41-36-15-11-12-16-51(36)66-52(41)31-49(40)65-50-32-53-48(30-46(50)62-56(37)57(38)65)64-58(67-53)33-13-9-8-10-14-33/h8-22,25-32,63H,23-24H2,1-7H3. The first kappa shape index (κ1) is 40.0. The molecule has 0 unspecified atom stereocenters. The normalized spacial score (nSPS) is 15.2. The first-order chi connectivity index (χ1) is 32.8. The number of aromatic nitrogens is 2. The first-order valence-electron chi connectivity index (χ1n) is 24.0. The van der Waals surface area contributed by atoms with Gasteiger partial charge in [0, 0.05) is 87.6 Å². The van der Waals surface area contributed by atoms with Crippen molar-refractivity contribution in [2.75, 3.05) is 5.32 Å². The monoisotopic (exact) mass is 898 g/mol.